The highest BCUT2D eigenvalue weighted by atomic mass is 15.2. The van der Waals surface area contributed by atoms with E-state index in [1.165, 1.54) is 71.1 Å². The molecule has 2 nitrogen and oxygen atoms in total. The Morgan fingerprint density at radius 2 is 1.57 bits per heavy atom. The molecular formula is C12H24N2. The first-order valence-electron chi connectivity index (χ1n) is 6.41. The van der Waals surface area contributed by atoms with E-state index in [0.29, 0.717) is 0 Å². The molecule has 3 saturated heterocycles. The Morgan fingerprint density at radius 3 is 2.00 bits per heavy atom. The Kier molecular flexibility index (Phi) is 4.26. The largest absolute Gasteiger partial charge is 0.317 e. The molecule has 1 N–H and O–H groups in total. The maximum atomic E-state index is 3.35. The molecule has 0 saturated carbocycles. The average Bonchev–Trinajstić information content (AvgIpc) is 2.48. The zero-order valence-corrected chi connectivity index (χ0v) is 9.30. The second kappa shape index (κ2) is 5.72. The molecule has 3 aliphatic rings. The summed E-state index contributed by atoms with van der Waals surface area (Å²) in [6, 6.07) is 1.03. The van der Waals surface area contributed by atoms with E-state index in [4.69, 9.17) is 0 Å². The molecule has 82 valence electrons. The predicted molar refractivity (Wildman–Crippen MR) is 60.5 cm³/mol. The summed E-state index contributed by atoms with van der Waals surface area (Å²) in [4.78, 5) is 2.58. The summed E-state index contributed by atoms with van der Waals surface area (Å²) in [5, 5.41) is 3.35. The lowest BCUT2D eigenvalue weighted by Gasteiger charge is -2.34. The van der Waals surface area contributed by atoms with Crippen LogP contribution >= 0.6 is 0 Å². The van der Waals surface area contributed by atoms with Crippen LogP contribution in [-0.2, 0) is 0 Å². The van der Waals surface area contributed by atoms with Gasteiger partial charge < -0.3 is 10.2 Å². The van der Waals surface area contributed by atoms with Gasteiger partial charge in [-0.1, -0.05) is 12.8 Å². The minimum Gasteiger partial charge on any atom is -0.317 e. The van der Waals surface area contributed by atoms with Crippen molar-refractivity contribution in [2.45, 2.75) is 51.0 Å². The summed E-state index contributed by atoms with van der Waals surface area (Å²) in [5.74, 6) is 0. The molecule has 3 rings (SSSR count). The molecule has 0 amide bonds. The summed E-state index contributed by atoms with van der Waals surface area (Å²) in [7, 11) is 0. The van der Waals surface area contributed by atoms with Gasteiger partial charge in [-0.25, -0.2) is 0 Å². The van der Waals surface area contributed by atoms with Crippen LogP contribution in [0.3, 0.4) is 0 Å². The fourth-order valence-corrected chi connectivity index (χ4v) is 2.62. The Labute approximate surface area is 88.1 Å². The number of nitrogens with zero attached hydrogens (tertiary/aromatic N) is 1. The molecule has 0 spiro atoms. The van der Waals surface area contributed by atoms with Crippen molar-refractivity contribution in [3.8, 4) is 0 Å². The molecule has 1 unspecified atom stereocenters. The molecule has 3 heterocycles. The van der Waals surface area contributed by atoms with Gasteiger partial charge in [-0.3, -0.25) is 0 Å². The van der Waals surface area contributed by atoms with E-state index in [2.05, 4.69) is 10.2 Å². The number of hydrogen-bond acceptors (Lipinski definition) is 2. The van der Waals surface area contributed by atoms with Crippen LogP contribution < -0.4 is 5.32 Å². The molecule has 3 aliphatic heterocycles. The van der Waals surface area contributed by atoms with Gasteiger partial charge >= 0.3 is 0 Å². The second-order valence-electron chi connectivity index (χ2n) is 4.78. The average molecular weight is 196 g/mol. The molecule has 0 bridgehead atoms. The molecule has 0 aromatic heterocycles. The quantitative estimate of drug-likeness (QED) is 0.637. The smallest absolute Gasteiger partial charge is 0.0108 e. The Balaban J connectivity index is 0.000000107. The van der Waals surface area contributed by atoms with Crippen LogP contribution in [0, 0.1) is 0 Å². The summed E-state index contributed by atoms with van der Waals surface area (Å²) < 4.78 is 0. The van der Waals surface area contributed by atoms with Gasteiger partial charge in [0.1, 0.15) is 0 Å². The summed E-state index contributed by atoms with van der Waals surface area (Å²) >= 11 is 0. The van der Waals surface area contributed by atoms with Crippen LogP contribution in [0.15, 0.2) is 0 Å². The van der Waals surface area contributed by atoms with Gasteiger partial charge in [0.2, 0.25) is 0 Å². The fraction of sp³-hybridized carbons (Fsp3) is 1.00. The molecule has 3 fully saturated rings. The Hall–Kier alpha value is -0.0800. The lowest BCUT2D eigenvalue weighted by molar-refractivity contribution is 0.141. The van der Waals surface area contributed by atoms with E-state index >= 15 is 0 Å². The van der Waals surface area contributed by atoms with Gasteiger partial charge in [0.25, 0.3) is 0 Å². The van der Waals surface area contributed by atoms with E-state index in [1.807, 2.05) is 0 Å². The van der Waals surface area contributed by atoms with Crippen molar-refractivity contribution in [1.29, 1.82) is 0 Å². The third-order valence-corrected chi connectivity index (χ3v) is 3.71. The van der Waals surface area contributed by atoms with Crippen molar-refractivity contribution < 1.29 is 0 Å². The second-order valence-corrected chi connectivity index (χ2v) is 4.78. The zero-order chi connectivity index (χ0) is 9.64. The van der Waals surface area contributed by atoms with Crippen molar-refractivity contribution in [2.24, 2.45) is 0 Å². The van der Waals surface area contributed by atoms with Crippen molar-refractivity contribution in [2.75, 3.05) is 26.2 Å². The third-order valence-electron chi connectivity index (χ3n) is 3.71. The number of nitrogens with one attached hydrogen (secondary N) is 1. The van der Waals surface area contributed by atoms with E-state index in [1.54, 1.807) is 0 Å². The van der Waals surface area contributed by atoms with Crippen molar-refractivity contribution in [1.82, 2.24) is 10.2 Å². The molecule has 0 aromatic carbocycles. The van der Waals surface area contributed by atoms with E-state index in [0.717, 1.165) is 6.04 Å². The van der Waals surface area contributed by atoms with E-state index in [9.17, 15) is 0 Å². The van der Waals surface area contributed by atoms with Crippen molar-refractivity contribution in [3.05, 3.63) is 0 Å². The maximum Gasteiger partial charge on any atom is 0.0108 e. The van der Waals surface area contributed by atoms with Crippen molar-refractivity contribution in [3.63, 3.8) is 0 Å². The highest BCUT2D eigenvalue weighted by Gasteiger charge is 2.31. The summed E-state index contributed by atoms with van der Waals surface area (Å²) in [6.07, 6.45) is 10.1. The van der Waals surface area contributed by atoms with Crippen LogP contribution in [0.1, 0.15) is 44.9 Å². The van der Waals surface area contributed by atoms with Gasteiger partial charge in [0.15, 0.2) is 0 Å². The number of rotatable bonds is 0. The van der Waals surface area contributed by atoms with Gasteiger partial charge in [0.05, 0.1) is 0 Å². The molecular weight excluding hydrogens is 172 g/mol. The lowest BCUT2D eigenvalue weighted by atomic mass is 10.1. The maximum absolute atomic E-state index is 3.35. The normalized spacial score (nSPS) is 32.1. The lowest BCUT2D eigenvalue weighted by Crippen LogP contribution is -2.42. The molecule has 0 aromatic rings. The predicted octanol–water partition coefficient (Wildman–Crippen LogP) is 2.00. The van der Waals surface area contributed by atoms with Gasteiger partial charge in [-0.15, -0.1) is 0 Å². The highest BCUT2D eigenvalue weighted by molar-refractivity contribution is 4.87. The van der Waals surface area contributed by atoms with Crippen LogP contribution in [0.2, 0.25) is 0 Å². The summed E-state index contributed by atoms with van der Waals surface area (Å²) in [6.45, 7) is 5.29. The minimum atomic E-state index is 1.03. The first-order valence-corrected chi connectivity index (χ1v) is 6.41. The van der Waals surface area contributed by atoms with Gasteiger partial charge in [-0.2, -0.15) is 0 Å². The van der Waals surface area contributed by atoms with Crippen LogP contribution in [-0.4, -0.2) is 37.1 Å². The van der Waals surface area contributed by atoms with Gasteiger partial charge in [0, 0.05) is 6.04 Å². The molecule has 0 radical (unpaired) electrons. The third kappa shape index (κ3) is 2.96. The van der Waals surface area contributed by atoms with Crippen molar-refractivity contribution >= 4 is 0 Å². The SMILES string of the molecule is C1CC2CCN2C1.C1CCCNCC1. The minimum absolute atomic E-state index is 1.03. The summed E-state index contributed by atoms with van der Waals surface area (Å²) in [5.41, 5.74) is 0. The number of fused-ring (bicyclic) bond motifs is 1. The first kappa shape index (κ1) is 10.4. The zero-order valence-electron chi connectivity index (χ0n) is 9.30. The first-order chi connectivity index (χ1) is 6.97. The fourth-order valence-electron chi connectivity index (χ4n) is 2.62. The molecule has 2 heteroatoms. The Bertz CT molecular complexity index is 129. The topological polar surface area (TPSA) is 15.3 Å². The van der Waals surface area contributed by atoms with E-state index in [-0.39, 0.29) is 0 Å². The van der Waals surface area contributed by atoms with Crippen LogP contribution in [0.5, 0.6) is 0 Å². The van der Waals surface area contributed by atoms with Crippen LogP contribution in [0.4, 0.5) is 0 Å². The van der Waals surface area contributed by atoms with Crippen LogP contribution in [0.25, 0.3) is 0 Å². The monoisotopic (exact) mass is 196 g/mol. The molecule has 1 atom stereocenters. The van der Waals surface area contributed by atoms with Gasteiger partial charge in [-0.05, 0) is 58.3 Å². The highest BCUT2D eigenvalue weighted by Crippen LogP contribution is 2.27. The molecule has 0 aliphatic carbocycles. The Morgan fingerprint density at radius 1 is 0.786 bits per heavy atom. The molecule has 14 heavy (non-hydrogen) atoms. The van der Waals surface area contributed by atoms with E-state index < -0.39 is 0 Å². The standard InChI is InChI=1S/C6H11N.C6H13N/c1-2-6-3-5-7(6)4-1;1-2-4-6-7-5-3-1/h6H,1-5H2;7H,1-6H2. The number of hydrogen-bond donors (Lipinski definition) is 1.